The second kappa shape index (κ2) is 6.45. The molecule has 0 N–H and O–H groups in total. The number of ether oxygens (including phenoxy) is 1. The van der Waals surface area contributed by atoms with Gasteiger partial charge >= 0.3 is 0 Å². The van der Waals surface area contributed by atoms with Gasteiger partial charge in [0.05, 0.1) is 16.5 Å². The fraction of sp³-hybridized carbons (Fsp3) is 0.571. The second-order valence-corrected chi connectivity index (χ2v) is 7.71. The molecule has 0 bridgehead atoms. The Labute approximate surface area is 129 Å². The van der Waals surface area contributed by atoms with Crippen LogP contribution in [-0.2, 0) is 10.0 Å². The van der Waals surface area contributed by atoms with E-state index in [4.69, 9.17) is 4.74 Å². The fourth-order valence-electron chi connectivity index (χ4n) is 2.63. The molecule has 6 heteroatoms. The number of hydrogen-bond donors (Lipinski definition) is 0. The predicted octanol–water partition coefficient (Wildman–Crippen LogP) is 3.41. The summed E-state index contributed by atoms with van der Waals surface area (Å²) in [5.41, 5.74) is 0. The van der Waals surface area contributed by atoms with E-state index in [1.165, 1.54) is 7.11 Å². The molecule has 2 rings (SSSR count). The van der Waals surface area contributed by atoms with Crippen LogP contribution in [0.25, 0.3) is 0 Å². The Kier molecular flexibility index (Phi) is 5.09. The molecule has 1 aliphatic heterocycles. The lowest BCUT2D eigenvalue weighted by molar-refractivity contribution is 0.246. The second-order valence-electron chi connectivity index (χ2n) is 4.97. The van der Waals surface area contributed by atoms with Crippen molar-refractivity contribution in [3.8, 4) is 5.75 Å². The Bertz CT molecular complexity index is 574. The molecule has 112 valence electrons. The maximum atomic E-state index is 12.8. The Balaban J connectivity index is 2.38. The third-order valence-corrected chi connectivity index (χ3v) is 6.38. The minimum atomic E-state index is -3.44. The summed E-state index contributed by atoms with van der Waals surface area (Å²) in [6.07, 6.45) is 3.84. The number of halogens is 1. The van der Waals surface area contributed by atoms with Gasteiger partial charge in [-0.25, -0.2) is 8.42 Å². The Morgan fingerprint density at radius 1 is 1.40 bits per heavy atom. The largest absolute Gasteiger partial charge is 0.496 e. The van der Waals surface area contributed by atoms with Crippen molar-refractivity contribution in [2.75, 3.05) is 13.7 Å². The smallest absolute Gasteiger partial charge is 0.243 e. The minimum absolute atomic E-state index is 0.114. The molecular formula is C14H20BrNO3S. The minimum Gasteiger partial charge on any atom is -0.496 e. The highest BCUT2D eigenvalue weighted by atomic mass is 79.9. The summed E-state index contributed by atoms with van der Waals surface area (Å²) in [4.78, 5) is 0.304. The van der Waals surface area contributed by atoms with Crippen molar-refractivity contribution in [1.29, 1.82) is 0 Å². The average molecular weight is 362 g/mol. The van der Waals surface area contributed by atoms with Crippen molar-refractivity contribution >= 4 is 26.0 Å². The Morgan fingerprint density at radius 3 is 2.80 bits per heavy atom. The van der Waals surface area contributed by atoms with Crippen molar-refractivity contribution in [2.24, 2.45) is 0 Å². The molecule has 0 spiro atoms. The van der Waals surface area contributed by atoms with Crippen LogP contribution >= 0.6 is 15.9 Å². The highest BCUT2D eigenvalue weighted by Crippen LogP contribution is 2.31. The first-order valence-electron chi connectivity index (χ1n) is 6.86. The van der Waals surface area contributed by atoms with E-state index >= 15 is 0 Å². The van der Waals surface area contributed by atoms with Crippen LogP contribution in [0.5, 0.6) is 5.75 Å². The first-order valence-corrected chi connectivity index (χ1v) is 9.09. The number of sulfonamides is 1. The van der Waals surface area contributed by atoms with Crippen LogP contribution in [0.2, 0.25) is 0 Å². The molecule has 1 saturated heterocycles. The van der Waals surface area contributed by atoms with E-state index in [0.29, 0.717) is 17.2 Å². The van der Waals surface area contributed by atoms with Gasteiger partial charge in [-0.15, -0.1) is 0 Å². The molecule has 1 aromatic carbocycles. The van der Waals surface area contributed by atoms with Crippen molar-refractivity contribution < 1.29 is 13.2 Å². The van der Waals surface area contributed by atoms with E-state index in [2.05, 4.69) is 15.9 Å². The standard InChI is InChI=1S/C14H20BrNO3S/c1-3-11-6-4-5-9-16(11)20(17,18)12-7-8-13(15)14(10-12)19-2/h7-8,10-11H,3-6,9H2,1-2H3/t11-/m1/s1. The number of hydrogen-bond acceptors (Lipinski definition) is 3. The lowest BCUT2D eigenvalue weighted by Gasteiger charge is -2.34. The molecule has 0 saturated carbocycles. The van der Waals surface area contributed by atoms with Gasteiger partial charge in [0.15, 0.2) is 0 Å². The number of nitrogens with zero attached hydrogens (tertiary/aromatic N) is 1. The van der Waals surface area contributed by atoms with E-state index < -0.39 is 10.0 Å². The molecule has 1 fully saturated rings. The zero-order valence-corrected chi connectivity index (χ0v) is 14.2. The topological polar surface area (TPSA) is 46.6 Å². The average Bonchev–Trinajstić information content (AvgIpc) is 2.47. The molecule has 0 aromatic heterocycles. The summed E-state index contributed by atoms with van der Waals surface area (Å²) in [5.74, 6) is 0.538. The SMILES string of the molecule is CC[C@@H]1CCCCN1S(=O)(=O)c1ccc(Br)c(OC)c1. The van der Waals surface area contributed by atoms with Crippen LogP contribution in [0, 0.1) is 0 Å². The third-order valence-electron chi connectivity index (χ3n) is 3.77. The zero-order chi connectivity index (χ0) is 14.8. The molecule has 1 heterocycles. The molecule has 0 amide bonds. The Hall–Kier alpha value is -0.590. The molecular weight excluding hydrogens is 342 g/mol. The summed E-state index contributed by atoms with van der Waals surface area (Å²) < 4.78 is 33.2. The van der Waals surface area contributed by atoms with Crippen LogP contribution < -0.4 is 4.74 Å². The van der Waals surface area contributed by atoms with E-state index in [0.717, 1.165) is 30.2 Å². The van der Waals surface area contributed by atoms with Gasteiger partial charge in [0, 0.05) is 18.7 Å². The quantitative estimate of drug-likeness (QED) is 0.825. The van der Waals surface area contributed by atoms with E-state index in [9.17, 15) is 8.42 Å². The van der Waals surface area contributed by atoms with Gasteiger partial charge in [-0.2, -0.15) is 4.31 Å². The molecule has 4 nitrogen and oxygen atoms in total. The van der Waals surface area contributed by atoms with Gasteiger partial charge in [0.25, 0.3) is 0 Å². The van der Waals surface area contributed by atoms with E-state index in [1.54, 1.807) is 22.5 Å². The maximum Gasteiger partial charge on any atom is 0.243 e. The number of piperidine rings is 1. The van der Waals surface area contributed by atoms with Gasteiger partial charge in [-0.3, -0.25) is 0 Å². The summed E-state index contributed by atoms with van der Waals surface area (Å²) in [7, 11) is -1.91. The van der Waals surface area contributed by atoms with Crippen molar-refractivity contribution in [1.82, 2.24) is 4.31 Å². The highest BCUT2D eigenvalue weighted by Gasteiger charge is 2.32. The van der Waals surface area contributed by atoms with Crippen LogP contribution in [-0.4, -0.2) is 32.4 Å². The number of methoxy groups -OCH3 is 1. The summed E-state index contributed by atoms with van der Waals surface area (Å²) in [6, 6.07) is 5.05. The van der Waals surface area contributed by atoms with Gasteiger partial charge in [-0.05, 0) is 47.3 Å². The normalized spacial score (nSPS) is 20.9. The molecule has 1 aliphatic rings. The third kappa shape index (κ3) is 3.02. The van der Waals surface area contributed by atoms with Crippen molar-refractivity contribution in [3.05, 3.63) is 22.7 Å². The molecule has 0 radical (unpaired) electrons. The predicted molar refractivity (Wildman–Crippen MR) is 82.5 cm³/mol. The summed E-state index contributed by atoms with van der Waals surface area (Å²) >= 11 is 3.35. The van der Waals surface area contributed by atoms with E-state index in [1.807, 2.05) is 6.92 Å². The van der Waals surface area contributed by atoms with Crippen LogP contribution in [0.4, 0.5) is 0 Å². The number of benzene rings is 1. The molecule has 0 aliphatic carbocycles. The molecule has 1 aromatic rings. The fourth-order valence-corrected chi connectivity index (χ4v) is 4.83. The zero-order valence-electron chi connectivity index (χ0n) is 11.8. The lowest BCUT2D eigenvalue weighted by Crippen LogP contribution is -2.43. The first-order chi connectivity index (χ1) is 9.50. The molecule has 0 unspecified atom stereocenters. The molecule has 1 atom stereocenters. The van der Waals surface area contributed by atoms with Crippen molar-refractivity contribution in [3.63, 3.8) is 0 Å². The summed E-state index contributed by atoms with van der Waals surface area (Å²) in [6.45, 7) is 2.65. The summed E-state index contributed by atoms with van der Waals surface area (Å²) in [5, 5.41) is 0. The molecule has 20 heavy (non-hydrogen) atoms. The monoisotopic (exact) mass is 361 g/mol. The van der Waals surface area contributed by atoms with Crippen LogP contribution in [0.3, 0.4) is 0 Å². The highest BCUT2D eigenvalue weighted by molar-refractivity contribution is 9.10. The van der Waals surface area contributed by atoms with Gasteiger partial charge in [-0.1, -0.05) is 13.3 Å². The number of rotatable bonds is 4. The Morgan fingerprint density at radius 2 is 2.15 bits per heavy atom. The van der Waals surface area contributed by atoms with Gasteiger partial charge < -0.3 is 4.74 Å². The van der Waals surface area contributed by atoms with Crippen molar-refractivity contribution in [2.45, 2.75) is 43.5 Å². The van der Waals surface area contributed by atoms with Crippen LogP contribution in [0.15, 0.2) is 27.6 Å². The first kappa shape index (κ1) is 15.8. The van der Waals surface area contributed by atoms with Gasteiger partial charge in [0.1, 0.15) is 5.75 Å². The van der Waals surface area contributed by atoms with Gasteiger partial charge in [0.2, 0.25) is 10.0 Å². The lowest BCUT2D eigenvalue weighted by atomic mass is 10.0. The van der Waals surface area contributed by atoms with E-state index in [-0.39, 0.29) is 6.04 Å². The maximum absolute atomic E-state index is 12.8. The van der Waals surface area contributed by atoms with Crippen LogP contribution in [0.1, 0.15) is 32.6 Å².